The Morgan fingerprint density at radius 3 is 2.92 bits per heavy atom. The van der Waals surface area contributed by atoms with Gasteiger partial charge in [0, 0.05) is 6.54 Å². The van der Waals surface area contributed by atoms with Crippen LogP contribution >= 0.6 is 0 Å². The maximum atomic E-state index is 10.1. The molecule has 0 spiro atoms. The first-order chi connectivity index (χ1) is 6.15. The molecular weight excluding hydrogens is 168 g/mol. The van der Waals surface area contributed by atoms with Gasteiger partial charge in [-0.2, -0.15) is 5.10 Å². The van der Waals surface area contributed by atoms with Crippen molar-refractivity contribution in [3.05, 3.63) is 11.9 Å². The summed E-state index contributed by atoms with van der Waals surface area (Å²) in [6.45, 7) is 7.37. The maximum absolute atomic E-state index is 10.1. The van der Waals surface area contributed by atoms with Crippen LogP contribution in [0.5, 0.6) is 5.75 Å². The molecule has 0 saturated heterocycles. The van der Waals surface area contributed by atoms with Crippen LogP contribution in [0.2, 0.25) is 0 Å². The lowest BCUT2D eigenvalue weighted by Gasteiger charge is -2.06. The molecule has 0 saturated carbocycles. The number of carbonyl (C=O) groups is 1. The van der Waals surface area contributed by atoms with Crippen molar-refractivity contribution >= 4 is 6.47 Å². The molecule has 0 N–H and O–H groups in total. The lowest BCUT2D eigenvalue weighted by atomic mass is 10.2. The van der Waals surface area contributed by atoms with Gasteiger partial charge >= 0.3 is 0 Å². The van der Waals surface area contributed by atoms with Crippen LogP contribution in [0.25, 0.3) is 0 Å². The number of aromatic nitrogens is 2. The molecular formula is C9H14N2O2. The molecule has 0 aliphatic carbocycles. The van der Waals surface area contributed by atoms with E-state index in [9.17, 15) is 4.79 Å². The van der Waals surface area contributed by atoms with E-state index in [2.05, 4.69) is 18.9 Å². The number of carbonyl (C=O) groups excluding carboxylic acids is 1. The van der Waals surface area contributed by atoms with Gasteiger partial charge in [0.15, 0.2) is 5.75 Å². The van der Waals surface area contributed by atoms with E-state index >= 15 is 0 Å². The number of rotatable bonds is 4. The zero-order chi connectivity index (χ0) is 9.84. The minimum absolute atomic E-state index is 0.420. The molecule has 0 radical (unpaired) electrons. The molecule has 0 amide bonds. The third-order valence-corrected chi connectivity index (χ3v) is 1.77. The molecule has 1 rings (SSSR count). The van der Waals surface area contributed by atoms with E-state index in [1.807, 2.05) is 11.6 Å². The fraction of sp³-hybridized carbons (Fsp3) is 0.556. The van der Waals surface area contributed by atoms with Crippen LogP contribution in [0.3, 0.4) is 0 Å². The summed E-state index contributed by atoms with van der Waals surface area (Å²) >= 11 is 0. The number of hydrogen-bond acceptors (Lipinski definition) is 3. The highest BCUT2D eigenvalue weighted by Gasteiger charge is 2.07. The average Bonchev–Trinajstić information content (AvgIpc) is 2.36. The van der Waals surface area contributed by atoms with Crippen LogP contribution < -0.4 is 4.74 Å². The van der Waals surface area contributed by atoms with Crippen LogP contribution in [0.15, 0.2) is 6.20 Å². The normalized spacial score (nSPS) is 10.5. The summed E-state index contributed by atoms with van der Waals surface area (Å²) < 4.78 is 6.57. The smallest absolute Gasteiger partial charge is 0.298 e. The fourth-order valence-corrected chi connectivity index (χ4v) is 1.13. The zero-order valence-corrected chi connectivity index (χ0v) is 8.15. The van der Waals surface area contributed by atoms with Crippen molar-refractivity contribution in [3.63, 3.8) is 0 Å². The summed E-state index contributed by atoms with van der Waals surface area (Å²) in [6, 6.07) is 0. The Balaban J connectivity index is 2.79. The Hall–Kier alpha value is -1.32. The van der Waals surface area contributed by atoms with E-state index in [0.29, 0.717) is 18.1 Å². The van der Waals surface area contributed by atoms with Crippen molar-refractivity contribution in [2.45, 2.75) is 27.3 Å². The molecule has 0 bridgehead atoms. The van der Waals surface area contributed by atoms with Gasteiger partial charge in [0.1, 0.15) is 0 Å². The summed E-state index contributed by atoms with van der Waals surface area (Å²) in [6.07, 6.45) is 1.56. The lowest BCUT2D eigenvalue weighted by molar-refractivity contribution is -0.120. The van der Waals surface area contributed by atoms with Gasteiger partial charge in [-0.25, -0.2) is 0 Å². The van der Waals surface area contributed by atoms with Gasteiger partial charge in [-0.05, 0) is 12.8 Å². The van der Waals surface area contributed by atoms with Crippen LogP contribution in [0.1, 0.15) is 19.5 Å². The molecule has 72 valence electrons. The van der Waals surface area contributed by atoms with Crippen molar-refractivity contribution in [1.82, 2.24) is 9.78 Å². The predicted molar refractivity (Wildman–Crippen MR) is 48.5 cm³/mol. The second kappa shape index (κ2) is 4.07. The van der Waals surface area contributed by atoms with Crippen molar-refractivity contribution < 1.29 is 9.53 Å². The summed E-state index contributed by atoms with van der Waals surface area (Å²) in [5.74, 6) is 1.07. The van der Waals surface area contributed by atoms with Gasteiger partial charge in [0.2, 0.25) is 0 Å². The van der Waals surface area contributed by atoms with Crippen LogP contribution in [0.4, 0.5) is 0 Å². The van der Waals surface area contributed by atoms with Gasteiger partial charge in [0.25, 0.3) is 6.47 Å². The van der Waals surface area contributed by atoms with Gasteiger partial charge in [-0.15, -0.1) is 0 Å². The Bertz CT molecular complexity index is 292. The lowest BCUT2D eigenvalue weighted by Crippen LogP contribution is -2.07. The van der Waals surface area contributed by atoms with Crippen molar-refractivity contribution in [2.24, 2.45) is 5.92 Å². The summed E-state index contributed by atoms with van der Waals surface area (Å²) in [4.78, 5) is 10.1. The molecule has 0 aliphatic heterocycles. The molecule has 0 unspecified atom stereocenters. The predicted octanol–water partition coefficient (Wildman–Crippen LogP) is 1.38. The average molecular weight is 182 g/mol. The quantitative estimate of drug-likeness (QED) is 0.661. The van der Waals surface area contributed by atoms with E-state index in [4.69, 9.17) is 4.74 Å². The fourth-order valence-electron chi connectivity index (χ4n) is 1.13. The van der Waals surface area contributed by atoms with Gasteiger partial charge < -0.3 is 4.74 Å². The second-order valence-corrected chi connectivity index (χ2v) is 3.38. The van der Waals surface area contributed by atoms with Gasteiger partial charge in [-0.3, -0.25) is 9.48 Å². The zero-order valence-electron chi connectivity index (χ0n) is 8.15. The number of ether oxygens (including phenoxy) is 1. The van der Waals surface area contributed by atoms with Crippen molar-refractivity contribution in [1.29, 1.82) is 0 Å². The molecule has 13 heavy (non-hydrogen) atoms. The largest absolute Gasteiger partial charge is 0.425 e. The Labute approximate surface area is 77.5 Å². The second-order valence-electron chi connectivity index (χ2n) is 3.38. The molecule has 0 atom stereocenters. The van der Waals surface area contributed by atoms with E-state index in [-0.39, 0.29) is 0 Å². The monoisotopic (exact) mass is 182 g/mol. The minimum Gasteiger partial charge on any atom is -0.425 e. The number of nitrogens with zero attached hydrogens (tertiary/aromatic N) is 2. The van der Waals surface area contributed by atoms with Crippen LogP contribution in [0, 0.1) is 12.8 Å². The highest BCUT2D eigenvalue weighted by molar-refractivity contribution is 5.45. The standard InChI is InChI=1S/C9H14N2O2/c1-7(2)5-11-8(3)9(4-10-11)13-6-12/h4,6-7H,5H2,1-3H3. The number of hydrogen-bond donors (Lipinski definition) is 0. The van der Waals surface area contributed by atoms with Gasteiger partial charge in [-0.1, -0.05) is 13.8 Å². The topological polar surface area (TPSA) is 44.1 Å². The van der Waals surface area contributed by atoms with Crippen LogP contribution in [-0.4, -0.2) is 16.3 Å². The van der Waals surface area contributed by atoms with E-state index in [1.165, 1.54) is 0 Å². The highest BCUT2D eigenvalue weighted by Crippen LogP contribution is 2.16. The van der Waals surface area contributed by atoms with Crippen molar-refractivity contribution in [2.75, 3.05) is 0 Å². The van der Waals surface area contributed by atoms with E-state index < -0.39 is 0 Å². The van der Waals surface area contributed by atoms with E-state index in [1.54, 1.807) is 6.20 Å². The van der Waals surface area contributed by atoms with Crippen molar-refractivity contribution in [3.8, 4) is 5.75 Å². The Morgan fingerprint density at radius 1 is 1.69 bits per heavy atom. The first-order valence-electron chi connectivity index (χ1n) is 4.28. The highest BCUT2D eigenvalue weighted by atomic mass is 16.5. The Kier molecular flexibility index (Phi) is 3.06. The summed E-state index contributed by atoms with van der Waals surface area (Å²) in [7, 11) is 0. The third kappa shape index (κ3) is 2.31. The first-order valence-corrected chi connectivity index (χ1v) is 4.28. The maximum Gasteiger partial charge on any atom is 0.298 e. The summed E-state index contributed by atoms with van der Waals surface area (Å²) in [5, 5.41) is 4.11. The molecule has 1 aromatic heterocycles. The molecule has 4 heteroatoms. The first kappa shape index (κ1) is 9.77. The Morgan fingerprint density at radius 2 is 2.38 bits per heavy atom. The van der Waals surface area contributed by atoms with E-state index in [0.717, 1.165) is 12.2 Å². The molecule has 1 aromatic rings. The molecule has 0 aliphatic rings. The molecule has 0 aromatic carbocycles. The third-order valence-electron chi connectivity index (χ3n) is 1.77. The summed E-state index contributed by atoms with van der Waals surface area (Å²) in [5.41, 5.74) is 0.890. The van der Waals surface area contributed by atoms with Gasteiger partial charge in [0.05, 0.1) is 11.9 Å². The molecule has 0 fully saturated rings. The molecule has 1 heterocycles. The minimum atomic E-state index is 0.420. The van der Waals surface area contributed by atoms with Crippen LogP contribution in [-0.2, 0) is 11.3 Å². The molecule has 4 nitrogen and oxygen atoms in total. The SMILES string of the molecule is Cc1c(OC=O)cnn1CC(C)C.